The number of anilines is 1. The second kappa shape index (κ2) is 6.77. The Hall–Kier alpha value is -1.92. The second-order valence-corrected chi connectivity index (χ2v) is 6.98. The second-order valence-electron chi connectivity index (χ2n) is 6.98. The van der Waals surface area contributed by atoms with E-state index >= 15 is 0 Å². The minimum absolute atomic E-state index is 0.137. The van der Waals surface area contributed by atoms with Crippen LogP contribution in [-0.2, 0) is 25.5 Å². The zero-order chi connectivity index (χ0) is 17.3. The number of hydrogen-bond donors (Lipinski definition) is 0. The van der Waals surface area contributed by atoms with Gasteiger partial charge in [0.25, 0.3) is 0 Å². The molecule has 3 saturated heterocycles. The van der Waals surface area contributed by atoms with Crippen molar-refractivity contribution in [2.24, 2.45) is 0 Å². The van der Waals surface area contributed by atoms with E-state index in [4.69, 9.17) is 9.47 Å². The standard InChI is InChI=1S/C19H24N2O4/c22-17-2-1-9-21(17)16-5-3-15(4-6-16)14-18(23)20-10-7-19(8-11-20)24-12-13-25-19/h3-6H,1-2,7-14H2. The summed E-state index contributed by atoms with van der Waals surface area (Å²) in [5, 5.41) is 0. The van der Waals surface area contributed by atoms with Gasteiger partial charge in [-0.15, -0.1) is 0 Å². The molecule has 0 atom stereocenters. The molecule has 25 heavy (non-hydrogen) atoms. The summed E-state index contributed by atoms with van der Waals surface area (Å²) in [7, 11) is 0. The number of nitrogens with zero attached hydrogens (tertiary/aromatic N) is 2. The molecule has 0 saturated carbocycles. The maximum atomic E-state index is 12.5. The Balaban J connectivity index is 1.33. The van der Waals surface area contributed by atoms with E-state index in [-0.39, 0.29) is 11.8 Å². The Bertz CT molecular complexity index is 642. The number of ether oxygens (including phenoxy) is 2. The number of rotatable bonds is 3. The molecule has 4 rings (SSSR count). The Kier molecular flexibility index (Phi) is 4.48. The van der Waals surface area contributed by atoms with Crippen LogP contribution in [0.4, 0.5) is 5.69 Å². The molecule has 3 aliphatic rings. The van der Waals surface area contributed by atoms with Gasteiger partial charge in [0.05, 0.1) is 19.6 Å². The van der Waals surface area contributed by atoms with Crippen LogP contribution in [0.25, 0.3) is 0 Å². The van der Waals surface area contributed by atoms with E-state index in [1.165, 1.54) is 0 Å². The van der Waals surface area contributed by atoms with Gasteiger partial charge in [-0.25, -0.2) is 0 Å². The van der Waals surface area contributed by atoms with Crippen molar-refractivity contribution in [2.75, 3.05) is 37.7 Å². The van der Waals surface area contributed by atoms with Gasteiger partial charge < -0.3 is 19.3 Å². The van der Waals surface area contributed by atoms with Gasteiger partial charge in [0.15, 0.2) is 5.79 Å². The first-order chi connectivity index (χ1) is 12.2. The summed E-state index contributed by atoms with van der Waals surface area (Å²) in [6.07, 6.45) is 3.43. The first-order valence-corrected chi connectivity index (χ1v) is 9.10. The van der Waals surface area contributed by atoms with Crippen molar-refractivity contribution in [2.45, 2.75) is 37.9 Å². The van der Waals surface area contributed by atoms with Gasteiger partial charge in [-0.3, -0.25) is 9.59 Å². The number of piperidine rings is 1. The Labute approximate surface area is 147 Å². The highest BCUT2D eigenvalue weighted by Gasteiger charge is 2.40. The van der Waals surface area contributed by atoms with Crippen molar-refractivity contribution in [1.82, 2.24) is 4.90 Å². The smallest absolute Gasteiger partial charge is 0.227 e. The lowest BCUT2D eigenvalue weighted by molar-refractivity contribution is -0.187. The van der Waals surface area contributed by atoms with Crippen molar-refractivity contribution >= 4 is 17.5 Å². The third-order valence-corrected chi connectivity index (χ3v) is 5.37. The summed E-state index contributed by atoms with van der Waals surface area (Å²) >= 11 is 0. The number of carbonyl (C=O) groups is 2. The molecule has 6 nitrogen and oxygen atoms in total. The maximum Gasteiger partial charge on any atom is 0.227 e. The Morgan fingerprint density at radius 3 is 2.32 bits per heavy atom. The number of carbonyl (C=O) groups excluding carboxylic acids is 2. The van der Waals surface area contributed by atoms with E-state index < -0.39 is 5.79 Å². The minimum atomic E-state index is -0.444. The third-order valence-electron chi connectivity index (χ3n) is 5.37. The molecule has 0 aliphatic carbocycles. The third kappa shape index (κ3) is 3.41. The van der Waals surface area contributed by atoms with Crippen LogP contribution < -0.4 is 4.90 Å². The molecule has 6 heteroatoms. The molecule has 1 aromatic rings. The zero-order valence-corrected chi connectivity index (χ0v) is 14.4. The fourth-order valence-corrected chi connectivity index (χ4v) is 3.88. The lowest BCUT2D eigenvalue weighted by Gasteiger charge is -2.37. The largest absolute Gasteiger partial charge is 0.347 e. The van der Waals surface area contributed by atoms with E-state index in [2.05, 4.69) is 0 Å². The van der Waals surface area contributed by atoms with E-state index in [9.17, 15) is 9.59 Å². The van der Waals surface area contributed by atoms with Crippen LogP contribution in [0, 0.1) is 0 Å². The van der Waals surface area contributed by atoms with Gasteiger partial charge in [-0.05, 0) is 24.1 Å². The summed E-state index contributed by atoms with van der Waals surface area (Å²) in [5.41, 5.74) is 1.91. The van der Waals surface area contributed by atoms with E-state index in [0.29, 0.717) is 39.1 Å². The zero-order valence-electron chi connectivity index (χ0n) is 14.4. The van der Waals surface area contributed by atoms with E-state index in [1.807, 2.05) is 34.1 Å². The van der Waals surface area contributed by atoms with Crippen LogP contribution in [-0.4, -0.2) is 55.3 Å². The van der Waals surface area contributed by atoms with E-state index in [1.54, 1.807) is 0 Å². The highest BCUT2D eigenvalue weighted by Crippen LogP contribution is 2.31. The van der Waals surface area contributed by atoms with E-state index in [0.717, 1.165) is 37.1 Å². The average Bonchev–Trinajstić information content (AvgIpc) is 3.26. The topological polar surface area (TPSA) is 59.1 Å². The lowest BCUT2D eigenvalue weighted by Crippen LogP contribution is -2.47. The summed E-state index contributed by atoms with van der Waals surface area (Å²) < 4.78 is 11.4. The first-order valence-electron chi connectivity index (χ1n) is 9.10. The van der Waals surface area contributed by atoms with Crippen molar-refractivity contribution < 1.29 is 19.1 Å². The van der Waals surface area contributed by atoms with Gasteiger partial charge in [-0.2, -0.15) is 0 Å². The number of benzene rings is 1. The van der Waals surface area contributed by atoms with Gasteiger partial charge in [0, 0.05) is 44.6 Å². The number of hydrogen-bond acceptors (Lipinski definition) is 4. The lowest BCUT2D eigenvalue weighted by atomic mass is 10.0. The molecular weight excluding hydrogens is 320 g/mol. The average molecular weight is 344 g/mol. The van der Waals surface area contributed by atoms with Crippen molar-refractivity contribution in [1.29, 1.82) is 0 Å². The molecule has 134 valence electrons. The quantitative estimate of drug-likeness (QED) is 0.838. The summed E-state index contributed by atoms with van der Waals surface area (Å²) in [4.78, 5) is 28.1. The van der Waals surface area contributed by atoms with Gasteiger partial charge in [-0.1, -0.05) is 12.1 Å². The molecule has 0 radical (unpaired) electrons. The van der Waals surface area contributed by atoms with Crippen LogP contribution >= 0.6 is 0 Å². The molecule has 3 fully saturated rings. The molecule has 3 heterocycles. The van der Waals surface area contributed by atoms with Gasteiger partial charge in [0.2, 0.25) is 11.8 Å². The van der Waals surface area contributed by atoms with Crippen LogP contribution in [0.2, 0.25) is 0 Å². The Morgan fingerprint density at radius 2 is 1.72 bits per heavy atom. The predicted molar refractivity (Wildman–Crippen MR) is 92.2 cm³/mol. The highest BCUT2D eigenvalue weighted by molar-refractivity contribution is 5.95. The van der Waals surface area contributed by atoms with Crippen molar-refractivity contribution in [3.05, 3.63) is 29.8 Å². The van der Waals surface area contributed by atoms with Gasteiger partial charge in [0.1, 0.15) is 0 Å². The molecule has 0 bridgehead atoms. The minimum Gasteiger partial charge on any atom is -0.347 e. The maximum absolute atomic E-state index is 12.5. The molecule has 1 aromatic carbocycles. The predicted octanol–water partition coefficient (Wildman–Crippen LogP) is 1.72. The highest BCUT2D eigenvalue weighted by atomic mass is 16.7. The Morgan fingerprint density at radius 1 is 1.04 bits per heavy atom. The molecule has 0 N–H and O–H groups in total. The van der Waals surface area contributed by atoms with Crippen LogP contribution in [0.3, 0.4) is 0 Å². The van der Waals surface area contributed by atoms with Crippen LogP contribution in [0.5, 0.6) is 0 Å². The van der Waals surface area contributed by atoms with Crippen LogP contribution in [0.15, 0.2) is 24.3 Å². The number of amides is 2. The summed E-state index contributed by atoms with van der Waals surface area (Å²) in [6.45, 7) is 3.45. The molecule has 2 amide bonds. The van der Waals surface area contributed by atoms with Gasteiger partial charge >= 0.3 is 0 Å². The summed E-state index contributed by atoms with van der Waals surface area (Å²) in [6, 6.07) is 7.79. The molecule has 0 aromatic heterocycles. The monoisotopic (exact) mass is 344 g/mol. The van der Waals surface area contributed by atoms with Crippen molar-refractivity contribution in [3.8, 4) is 0 Å². The summed E-state index contributed by atoms with van der Waals surface area (Å²) in [5.74, 6) is -0.124. The normalized spacial score (nSPS) is 22.8. The fraction of sp³-hybridized carbons (Fsp3) is 0.579. The molecule has 0 unspecified atom stereocenters. The SMILES string of the molecule is O=C(Cc1ccc(N2CCCC2=O)cc1)N1CCC2(CC1)OCCO2. The van der Waals surface area contributed by atoms with Crippen molar-refractivity contribution in [3.63, 3.8) is 0 Å². The van der Waals surface area contributed by atoms with Crippen LogP contribution in [0.1, 0.15) is 31.2 Å². The molecule has 3 aliphatic heterocycles. The molecule has 1 spiro atoms. The number of likely N-dealkylation sites (tertiary alicyclic amines) is 1. The fourth-order valence-electron chi connectivity index (χ4n) is 3.88. The first kappa shape index (κ1) is 16.5. The molecular formula is C19H24N2O4.